The van der Waals surface area contributed by atoms with E-state index in [9.17, 15) is 9.59 Å². The van der Waals surface area contributed by atoms with Gasteiger partial charge < -0.3 is 15.0 Å². The van der Waals surface area contributed by atoms with Crippen molar-refractivity contribution in [3.63, 3.8) is 0 Å². The van der Waals surface area contributed by atoms with Gasteiger partial charge in [0.25, 0.3) is 5.91 Å². The van der Waals surface area contributed by atoms with E-state index in [1.807, 2.05) is 73.3 Å². The van der Waals surface area contributed by atoms with Crippen LogP contribution in [0.4, 0.5) is 5.69 Å². The Morgan fingerprint density at radius 1 is 1.04 bits per heavy atom. The maximum Gasteiger partial charge on any atom is 0.254 e. The first kappa shape index (κ1) is 20.4. The molecule has 0 spiro atoms. The van der Waals surface area contributed by atoms with Crippen molar-refractivity contribution in [2.75, 3.05) is 24.2 Å². The highest BCUT2D eigenvalue weighted by molar-refractivity contribution is 7.99. The molecule has 0 bridgehead atoms. The average Bonchev–Trinajstić information content (AvgIpc) is 2.68. The van der Waals surface area contributed by atoms with Crippen LogP contribution in [0.15, 0.2) is 54.6 Å². The fourth-order valence-corrected chi connectivity index (χ4v) is 4.04. The van der Waals surface area contributed by atoms with Gasteiger partial charge in [-0.2, -0.15) is 0 Å². The fourth-order valence-electron chi connectivity index (χ4n) is 3.25. The summed E-state index contributed by atoms with van der Waals surface area (Å²) >= 11 is 1.55. The van der Waals surface area contributed by atoms with E-state index in [1.165, 1.54) is 0 Å². The van der Waals surface area contributed by atoms with Crippen LogP contribution in [0.1, 0.15) is 29.8 Å². The molecule has 1 heterocycles. The minimum absolute atomic E-state index is 0.0152. The number of amides is 2. The Balaban J connectivity index is 1.46. The minimum atomic E-state index is -0.0152. The van der Waals surface area contributed by atoms with E-state index in [0.717, 1.165) is 17.0 Å². The van der Waals surface area contributed by atoms with Gasteiger partial charge in [0.1, 0.15) is 0 Å². The number of carbonyl (C=O) groups excluding carboxylic acids is 2. The molecule has 1 N–H and O–H groups in total. The molecule has 1 fully saturated rings. The summed E-state index contributed by atoms with van der Waals surface area (Å²) < 4.78 is 5.69. The van der Waals surface area contributed by atoms with Crippen LogP contribution in [0.25, 0.3) is 0 Å². The van der Waals surface area contributed by atoms with Crippen LogP contribution < -0.4 is 5.32 Å². The molecular formula is C22H26N2O3S. The first-order valence-electron chi connectivity index (χ1n) is 9.47. The molecule has 3 rings (SSSR count). The first-order chi connectivity index (χ1) is 13.5. The Hall–Kier alpha value is -2.31. The van der Waals surface area contributed by atoms with Crippen molar-refractivity contribution in [2.45, 2.75) is 31.8 Å². The number of carbonyl (C=O) groups is 2. The van der Waals surface area contributed by atoms with Crippen molar-refractivity contribution >= 4 is 29.3 Å². The Labute approximate surface area is 170 Å². The van der Waals surface area contributed by atoms with E-state index in [2.05, 4.69) is 5.32 Å². The van der Waals surface area contributed by atoms with E-state index < -0.39 is 0 Å². The summed E-state index contributed by atoms with van der Waals surface area (Å²) in [6, 6.07) is 17.1. The molecule has 28 heavy (non-hydrogen) atoms. The van der Waals surface area contributed by atoms with Crippen molar-refractivity contribution in [1.29, 1.82) is 0 Å². The van der Waals surface area contributed by atoms with Crippen molar-refractivity contribution in [2.24, 2.45) is 0 Å². The summed E-state index contributed by atoms with van der Waals surface area (Å²) in [5, 5.41) is 2.88. The Bertz CT molecular complexity index is 785. The second kappa shape index (κ2) is 9.75. The third-order valence-electron chi connectivity index (χ3n) is 4.47. The molecule has 1 aliphatic rings. The summed E-state index contributed by atoms with van der Waals surface area (Å²) in [7, 11) is 0. The molecule has 2 atom stereocenters. The van der Waals surface area contributed by atoms with E-state index in [-0.39, 0.29) is 24.0 Å². The molecule has 2 amide bonds. The highest BCUT2D eigenvalue weighted by Gasteiger charge is 2.26. The SMILES string of the molecule is CC1CN(C(=O)c2ccc(CSCC(=O)Nc3ccccc3)cc2)CC(C)O1. The van der Waals surface area contributed by atoms with Crippen molar-refractivity contribution in [3.8, 4) is 0 Å². The number of ether oxygens (including phenoxy) is 1. The zero-order chi connectivity index (χ0) is 19.9. The minimum Gasteiger partial charge on any atom is -0.372 e. The predicted octanol–water partition coefficient (Wildman–Crippen LogP) is 3.81. The van der Waals surface area contributed by atoms with Crippen LogP contribution in [0.5, 0.6) is 0 Å². The summed E-state index contributed by atoms with van der Waals surface area (Å²) in [5.41, 5.74) is 2.59. The maximum atomic E-state index is 12.7. The van der Waals surface area contributed by atoms with Crippen LogP contribution in [-0.2, 0) is 15.3 Å². The van der Waals surface area contributed by atoms with E-state index >= 15 is 0 Å². The number of nitrogens with one attached hydrogen (secondary N) is 1. The van der Waals surface area contributed by atoms with Gasteiger partial charge in [-0.25, -0.2) is 0 Å². The van der Waals surface area contributed by atoms with Crippen LogP contribution in [0, 0.1) is 0 Å². The number of nitrogens with zero attached hydrogens (tertiary/aromatic N) is 1. The average molecular weight is 399 g/mol. The molecule has 0 aliphatic carbocycles. The van der Waals surface area contributed by atoms with Gasteiger partial charge in [-0.3, -0.25) is 9.59 Å². The molecule has 2 aromatic rings. The Morgan fingerprint density at radius 2 is 1.68 bits per heavy atom. The number of hydrogen-bond donors (Lipinski definition) is 1. The summed E-state index contributed by atoms with van der Waals surface area (Å²) in [6.07, 6.45) is 0.121. The summed E-state index contributed by atoms with van der Waals surface area (Å²) in [5.74, 6) is 1.14. The van der Waals surface area contributed by atoms with Crippen LogP contribution >= 0.6 is 11.8 Å². The number of morpholine rings is 1. The molecule has 0 aromatic heterocycles. The van der Waals surface area contributed by atoms with Crippen molar-refractivity contribution in [1.82, 2.24) is 4.90 Å². The highest BCUT2D eigenvalue weighted by Crippen LogP contribution is 2.17. The monoisotopic (exact) mass is 398 g/mol. The number of rotatable bonds is 6. The van der Waals surface area contributed by atoms with Gasteiger partial charge in [-0.05, 0) is 43.7 Å². The van der Waals surface area contributed by atoms with Gasteiger partial charge in [-0.15, -0.1) is 11.8 Å². The van der Waals surface area contributed by atoms with Gasteiger partial charge in [0, 0.05) is 30.1 Å². The van der Waals surface area contributed by atoms with E-state index in [0.29, 0.717) is 24.4 Å². The largest absolute Gasteiger partial charge is 0.372 e. The zero-order valence-corrected chi connectivity index (χ0v) is 17.1. The molecule has 0 radical (unpaired) electrons. The number of hydrogen-bond acceptors (Lipinski definition) is 4. The van der Waals surface area contributed by atoms with Crippen LogP contribution in [-0.4, -0.2) is 47.8 Å². The van der Waals surface area contributed by atoms with Gasteiger partial charge in [0.2, 0.25) is 5.91 Å². The van der Waals surface area contributed by atoms with Crippen LogP contribution in [0.2, 0.25) is 0 Å². The van der Waals surface area contributed by atoms with Gasteiger partial charge in [0.15, 0.2) is 0 Å². The molecule has 2 unspecified atom stereocenters. The molecule has 2 aromatic carbocycles. The lowest BCUT2D eigenvalue weighted by atomic mass is 10.1. The quantitative estimate of drug-likeness (QED) is 0.804. The molecule has 1 saturated heterocycles. The first-order valence-corrected chi connectivity index (χ1v) is 10.6. The Morgan fingerprint density at radius 3 is 2.32 bits per heavy atom. The standard InChI is InChI=1S/C22H26N2O3S/c1-16-12-24(13-17(2)27-16)22(26)19-10-8-18(9-11-19)14-28-15-21(25)23-20-6-4-3-5-7-20/h3-11,16-17H,12-15H2,1-2H3,(H,23,25). The number of benzene rings is 2. The lowest BCUT2D eigenvalue weighted by molar-refractivity contribution is -0.113. The highest BCUT2D eigenvalue weighted by atomic mass is 32.2. The second-order valence-corrected chi connectivity index (χ2v) is 8.06. The molecule has 0 saturated carbocycles. The number of thioether (sulfide) groups is 1. The fraction of sp³-hybridized carbons (Fsp3) is 0.364. The topological polar surface area (TPSA) is 58.6 Å². The third-order valence-corrected chi connectivity index (χ3v) is 5.47. The van der Waals surface area contributed by atoms with Gasteiger partial charge in [-0.1, -0.05) is 30.3 Å². The van der Waals surface area contributed by atoms with Crippen molar-refractivity contribution in [3.05, 3.63) is 65.7 Å². The number of anilines is 1. The second-order valence-electron chi connectivity index (χ2n) is 7.07. The van der Waals surface area contributed by atoms with E-state index in [4.69, 9.17) is 4.74 Å². The molecule has 1 aliphatic heterocycles. The molecular weight excluding hydrogens is 372 g/mol. The molecule has 148 valence electrons. The van der Waals surface area contributed by atoms with Crippen LogP contribution in [0.3, 0.4) is 0 Å². The molecule has 6 heteroatoms. The lowest BCUT2D eigenvalue weighted by Gasteiger charge is -2.35. The van der Waals surface area contributed by atoms with Gasteiger partial charge in [0.05, 0.1) is 18.0 Å². The van der Waals surface area contributed by atoms with E-state index in [1.54, 1.807) is 11.8 Å². The maximum absolute atomic E-state index is 12.7. The van der Waals surface area contributed by atoms with Crippen molar-refractivity contribution < 1.29 is 14.3 Å². The third kappa shape index (κ3) is 5.84. The number of para-hydroxylation sites is 1. The summed E-state index contributed by atoms with van der Waals surface area (Å²) in [6.45, 7) is 5.23. The summed E-state index contributed by atoms with van der Waals surface area (Å²) in [4.78, 5) is 26.5. The smallest absolute Gasteiger partial charge is 0.254 e. The Kier molecular flexibility index (Phi) is 7.12. The lowest BCUT2D eigenvalue weighted by Crippen LogP contribution is -2.48. The normalized spacial score (nSPS) is 19.3. The molecule has 5 nitrogen and oxygen atoms in total. The zero-order valence-electron chi connectivity index (χ0n) is 16.3. The predicted molar refractivity (Wildman–Crippen MR) is 114 cm³/mol. The van der Waals surface area contributed by atoms with Gasteiger partial charge >= 0.3 is 0 Å².